The van der Waals surface area contributed by atoms with E-state index in [9.17, 15) is 4.79 Å². The molecule has 0 amide bonds. The molecule has 0 spiro atoms. The van der Waals surface area contributed by atoms with Crippen molar-refractivity contribution >= 4 is 18.4 Å². The van der Waals surface area contributed by atoms with Gasteiger partial charge >= 0.3 is 5.97 Å². The molecule has 0 bridgehead atoms. The second-order valence-corrected chi connectivity index (χ2v) is 2.18. The standard InChI is InChI=1S/C7H11NO2.ClH/c1-10-7(9)6-2-4-8-5-3-6;/h2,8H,3-5H2,1H3;1H. The number of carbonyl (C=O) groups excluding carboxylic acids is 1. The Bertz CT molecular complexity index is 168. The number of hydrogen-bond donors (Lipinski definition) is 1. The average Bonchev–Trinajstić information content (AvgIpc) is 2.05. The lowest BCUT2D eigenvalue weighted by atomic mass is 10.1. The zero-order valence-electron chi connectivity index (χ0n) is 6.42. The van der Waals surface area contributed by atoms with Crippen LogP contribution in [0.25, 0.3) is 0 Å². The third-order valence-corrected chi connectivity index (χ3v) is 1.51. The monoisotopic (exact) mass is 177 g/mol. The SMILES string of the molecule is COC(=O)C1=CCNCC1.Cl. The lowest BCUT2D eigenvalue weighted by Crippen LogP contribution is -2.23. The molecule has 0 aromatic rings. The number of halogens is 1. The minimum absolute atomic E-state index is 0. The highest BCUT2D eigenvalue weighted by Gasteiger charge is 2.10. The van der Waals surface area contributed by atoms with Gasteiger partial charge in [0.15, 0.2) is 0 Å². The van der Waals surface area contributed by atoms with E-state index in [0.717, 1.165) is 25.1 Å². The quantitative estimate of drug-likeness (QED) is 0.593. The molecule has 0 aromatic heterocycles. The summed E-state index contributed by atoms with van der Waals surface area (Å²) >= 11 is 0. The predicted octanol–water partition coefficient (Wildman–Crippen LogP) is 0.501. The van der Waals surface area contributed by atoms with Crippen molar-refractivity contribution < 1.29 is 9.53 Å². The highest BCUT2D eigenvalue weighted by Crippen LogP contribution is 2.04. The summed E-state index contributed by atoms with van der Waals surface area (Å²) in [5, 5.41) is 3.11. The summed E-state index contributed by atoms with van der Waals surface area (Å²) in [6.07, 6.45) is 2.65. The van der Waals surface area contributed by atoms with Crippen molar-refractivity contribution in [3.05, 3.63) is 11.6 Å². The molecule has 0 fully saturated rings. The summed E-state index contributed by atoms with van der Waals surface area (Å²) < 4.78 is 4.55. The van der Waals surface area contributed by atoms with Gasteiger partial charge in [-0.05, 0) is 13.0 Å². The van der Waals surface area contributed by atoms with Crippen LogP contribution in [-0.2, 0) is 9.53 Å². The van der Waals surface area contributed by atoms with E-state index >= 15 is 0 Å². The number of ether oxygens (including phenoxy) is 1. The third-order valence-electron chi connectivity index (χ3n) is 1.51. The molecule has 64 valence electrons. The number of carbonyl (C=O) groups is 1. The first kappa shape index (κ1) is 10.5. The highest BCUT2D eigenvalue weighted by molar-refractivity contribution is 5.88. The van der Waals surface area contributed by atoms with Gasteiger partial charge in [-0.1, -0.05) is 6.08 Å². The molecule has 1 N–H and O–H groups in total. The number of nitrogens with one attached hydrogen (secondary N) is 1. The zero-order valence-corrected chi connectivity index (χ0v) is 7.24. The Morgan fingerprint density at radius 3 is 2.91 bits per heavy atom. The van der Waals surface area contributed by atoms with Crippen molar-refractivity contribution in [2.45, 2.75) is 6.42 Å². The molecule has 0 radical (unpaired) electrons. The third kappa shape index (κ3) is 2.91. The maximum atomic E-state index is 10.8. The largest absolute Gasteiger partial charge is 0.466 e. The number of methoxy groups -OCH3 is 1. The fourth-order valence-electron chi connectivity index (χ4n) is 0.939. The van der Waals surface area contributed by atoms with Crippen molar-refractivity contribution in [2.24, 2.45) is 0 Å². The topological polar surface area (TPSA) is 38.3 Å². The van der Waals surface area contributed by atoms with E-state index < -0.39 is 0 Å². The van der Waals surface area contributed by atoms with Crippen molar-refractivity contribution in [3.63, 3.8) is 0 Å². The maximum Gasteiger partial charge on any atom is 0.333 e. The van der Waals surface area contributed by atoms with Gasteiger partial charge in [0.05, 0.1) is 7.11 Å². The number of hydrogen-bond acceptors (Lipinski definition) is 3. The Labute approximate surface area is 72.2 Å². The van der Waals surface area contributed by atoms with Crippen LogP contribution in [0.5, 0.6) is 0 Å². The van der Waals surface area contributed by atoms with Gasteiger partial charge in [-0.3, -0.25) is 0 Å². The number of esters is 1. The van der Waals surface area contributed by atoms with Gasteiger partial charge in [0.2, 0.25) is 0 Å². The van der Waals surface area contributed by atoms with Gasteiger partial charge in [-0.25, -0.2) is 4.79 Å². The van der Waals surface area contributed by atoms with E-state index in [1.165, 1.54) is 7.11 Å². The summed E-state index contributed by atoms with van der Waals surface area (Å²) in [6.45, 7) is 1.66. The van der Waals surface area contributed by atoms with Crippen LogP contribution >= 0.6 is 12.4 Å². The van der Waals surface area contributed by atoms with Crippen LogP contribution in [0.4, 0.5) is 0 Å². The second-order valence-electron chi connectivity index (χ2n) is 2.18. The van der Waals surface area contributed by atoms with E-state index in [2.05, 4.69) is 10.1 Å². The molecule has 1 heterocycles. The van der Waals surface area contributed by atoms with Crippen molar-refractivity contribution in [1.29, 1.82) is 0 Å². The van der Waals surface area contributed by atoms with Gasteiger partial charge in [0.1, 0.15) is 0 Å². The Morgan fingerprint density at radius 1 is 1.73 bits per heavy atom. The van der Waals surface area contributed by atoms with E-state index in [1.54, 1.807) is 0 Å². The van der Waals surface area contributed by atoms with Crippen molar-refractivity contribution in [2.75, 3.05) is 20.2 Å². The van der Waals surface area contributed by atoms with Crippen LogP contribution in [0.3, 0.4) is 0 Å². The molecule has 11 heavy (non-hydrogen) atoms. The zero-order chi connectivity index (χ0) is 7.40. The molecule has 0 saturated carbocycles. The van der Waals surface area contributed by atoms with Crippen LogP contribution in [0.15, 0.2) is 11.6 Å². The van der Waals surface area contributed by atoms with Crippen molar-refractivity contribution in [3.8, 4) is 0 Å². The first-order valence-electron chi connectivity index (χ1n) is 3.32. The van der Waals surface area contributed by atoms with Gasteiger partial charge < -0.3 is 10.1 Å². The summed E-state index contributed by atoms with van der Waals surface area (Å²) in [5.41, 5.74) is 0.793. The number of rotatable bonds is 1. The molecule has 1 aliphatic rings. The minimum Gasteiger partial charge on any atom is -0.466 e. The van der Waals surface area contributed by atoms with Crippen molar-refractivity contribution in [1.82, 2.24) is 5.32 Å². The molecule has 0 aliphatic carbocycles. The Kier molecular flexibility index (Phi) is 4.90. The minimum atomic E-state index is -0.193. The molecule has 1 rings (SSSR count). The first-order chi connectivity index (χ1) is 4.84. The summed E-state index contributed by atoms with van der Waals surface area (Å²) in [5.74, 6) is -0.193. The van der Waals surface area contributed by atoms with E-state index in [4.69, 9.17) is 0 Å². The summed E-state index contributed by atoms with van der Waals surface area (Å²) in [6, 6.07) is 0. The van der Waals surface area contributed by atoms with Gasteiger partial charge in [0.25, 0.3) is 0 Å². The van der Waals surface area contributed by atoms with E-state index in [1.807, 2.05) is 6.08 Å². The molecule has 0 atom stereocenters. The fourth-order valence-corrected chi connectivity index (χ4v) is 0.939. The summed E-state index contributed by atoms with van der Waals surface area (Å²) in [7, 11) is 1.41. The molecule has 4 heteroatoms. The van der Waals surface area contributed by atoms with Gasteiger partial charge in [-0.15, -0.1) is 12.4 Å². The summed E-state index contributed by atoms with van der Waals surface area (Å²) in [4.78, 5) is 10.8. The average molecular weight is 178 g/mol. The highest BCUT2D eigenvalue weighted by atomic mass is 35.5. The van der Waals surface area contributed by atoms with Crippen LogP contribution in [-0.4, -0.2) is 26.2 Å². The van der Waals surface area contributed by atoms with Crippen LogP contribution in [0, 0.1) is 0 Å². The lowest BCUT2D eigenvalue weighted by molar-refractivity contribution is -0.136. The molecule has 0 saturated heterocycles. The molecular formula is C7H12ClNO2. The molecule has 3 nitrogen and oxygen atoms in total. The molecule has 1 aliphatic heterocycles. The van der Waals surface area contributed by atoms with E-state index in [-0.39, 0.29) is 18.4 Å². The maximum absolute atomic E-state index is 10.8. The second kappa shape index (κ2) is 5.16. The lowest BCUT2D eigenvalue weighted by Gasteiger charge is -2.10. The van der Waals surface area contributed by atoms with Gasteiger partial charge in [0, 0.05) is 12.1 Å². The molecular weight excluding hydrogens is 166 g/mol. The Morgan fingerprint density at radius 2 is 2.45 bits per heavy atom. The van der Waals surface area contributed by atoms with Crippen LogP contribution in [0.1, 0.15) is 6.42 Å². The van der Waals surface area contributed by atoms with E-state index in [0.29, 0.717) is 0 Å². The molecule has 0 unspecified atom stereocenters. The smallest absolute Gasteiger partial charge is 0.333 e. The predicted molar refractivity (Wildman–Crippen MR) is 44.8 cm³/mol. The Balaban J connectivity index is 0.000001000. The normalized spacial score (nSPS) is 16.3. The van der Waals surface area contributed by atoms with Gasteiger partial charge in [-0.2, -0.15) is 0 Å². The molecule has 0 aromatic carbocycles. The first-order valence-corrected chi connectivity index (χ1v) is 3.32. The fraction of sp³-hybridized carbons (Fsp3) is 0.571. The van der Waals surface area contributed by atoms with Crippen LogP contribution in [0.2, 0.25) is 0 Å². The Hall–Kier alpha value is -0.540. The van der Waals surface area contributed by atoms with Crippen LogP contribution < -0.4 is 5.32 Å².